The Morgan fingerprint density at radius 1 is 1.39 bits per heavy atom. The lowest BCUT2D eigenvalue weighted by atomic mass is 9.98. The summed E-state index contributed by atoms with van der Waals surface area (Å²) in [6.45, 7) is 0.907. The highest BCUT2D eigenvalue weighted by Gasteiger charge is 2.25. The van der Waals surface area contributed by atoms with Crippen LogP contribution in [0.5, 0.6) is 0 Å². The number of hydrogen-bond donors (Lipinski definition) is 1. The van der Waals surface area contributed by atoms with Gasteiger partial charge in [-0.25, -0.2) is 0 Å². The maximum Gasteiger partial charge on any atom is 0.229 e. The van der Waals surface area contributed by atoms with Crippen molar-refractivity contribution >= 4 is 0 Å². The number of rotatable bonds is 6. The molecule has 0 bridgehead atoms. The minimum absolute atomic E-state index is 0.324. The number of nitrogens with zero attached hydrogens (tertiary/aromatic N) is 3. The van der Waals surface area contributed by atoms with Gasteiger partial charge in [0, 0.05) is 13.0 Å². The van der Waals surface area contributed by atoms with Crippen LogP contribution in [-0.4, -0.2) is 46.9 Å². The molecule has 1 N–H and O–H groups in total. The Hall–Kier alpha value is -0.940. The van der Waals surface area contributed by atoms with E-state index in [-0.39, 0.29) is 6.10 Å². The molecule has 1 aromatic heterocycles. The summed E-state index contributed by atoms with van der Waals surface area (Å²) in [5.41, 5.74) is 0. The van der Waals surface area contributed by atoms with Crippen molar-refractivity contribution in [2.24, 2.45) is 5.92 Å². The van der Waals surface area contributed by atoms with Gasteiger partial charge in [0.05, 0.1) is 12.5 Å². The van der Waals surface area contributed by atoms with Crippen molar-refractivity contribution in [1.82, 2.24) is 15.0 Å². The molecule has 1 aromatic rings. The molecule has 1 heterocycles. The van der Waals surface area contributed by atoms with Gasteiger partial charge in [-0.3, -0.25) is 0 Å². The summed E-state index contributed by atoms with van der Waals surface area (Å²) in [6.07, 6.45) is 5.69. The van der Waals surface area contributed by atoms with E-state index in [2.05, 4.69) is 15.0 Å². The first kappa shape index (κ1) is 13.5. The minimum Gasteiger partial charge on any atom is -0.392 e. The van der Waals surface area contributed by atoms with Gasteiger partial charge in [-0.1, -0.05) is 18.0 Å². The molecule has 5 heteroatoms. The van der Waals surface area contributed by atoms with Gasteiger partial charge in [0.2, 0.25) is 5.89 Å². The van der Waals surface area contributed by atoms with E-state index in [4.69, 9.17) is 4.52 Å². The summed E-state index contributed by atoms with van der Waals surface area (Å²) < 4.78 is 5.19. The standard InChI is InChI=1S/C13H23N3O2/c1-16(2)8-7-12-14-13(18-15-12)9-11(17)10-5-3-4-6-10/h10-11,17H,3-9H2,1-2H3. The lowest BCUT2D eigenvalue weighted by Crippen LogP contribution is -2.20. The van der Waals surface area contributed by atoms with Crippen LogP contribution >= 0.6 is 0 Å². The van der Waals surface area contributed by atoms with Crippen LogP contribution in [0, 0.1) is 5.92 Å². The Kier molecular flexibility index (Phi) is 4.72. The molecular formula is C13H23N3O2. The van der Waals surface area contributed by atoms with Crippen molar-refractivity contribution < 1.29 is 9.63 Å². The van der Waals surface area contributed by atoms with Gasteiger partial charge in [-0.2, -0.15) is 4.98 Å². The number of aliphatic hydroxyl groups is 1. The van der Waals surface area contributed by atoms with Gasteiger partial charge >= 0.3 is 0 Å². The first-order valence-corrected chi connectivity index (χ1v) is 6.79. The monoisotopic (exact) mass is 253 g/mol. The van der Waals surface area contributed by atoms with Gasteiger partial charge in [-0.05, 0) is 32.9 Å². The highest BCUT2D eigenvalue weighted by molar-refractivity contribution is 4.90. The van der Waals surface area contributed by atoms with Crippen LogP contribution in [0.2, 0.25) is 0 Å². The molecular weight excluding hydrogens is 230 g/mol. The number of likely N-dealkylation sites (N-methyl/N-ethyl adjacent to an activating group) is 1. The van der Waals surface area contributed by atoms with Crippen molar-refractivity contribution in [2.75, 3.05) is 20.6 Å². The van der Waals surface area contributed by atoms with E-state index < -0.39 is 0 Å². The average molecular weight is 253 g/mol. The van der Waals surface area contributed by atoms with E-state index in [9.17, 15) is 5.11 Å². The van der Waals surface area contributed by atoms with Crippen molar-refractivity contribution in [3.05, 3.63) is 11.7 Å². The Bertz CT molecular complexity index is 359. The Labute approximate surface area is 108 Å². The lowest BCUT2D eigenvalue weighted by Gasteiger charge is -2.14. The fraction of sp³-hybridized carbons (Fsp3) is 0.846. The molecule has 18 heavy (non-hydrogen) atoms. The van der Waals surface area contributed by atoms with Crippen LogP contribution in [0.3, 0.4) is 0 Å². The third-order valence-electron chi connectivity index (χ3n) is 3.62. The predicted octanol–water partition coefficient (Wildman–Crippen LogP) is 1.27. The maximum absolute atomic E-state index is 10.1. The van der Waals surface area contributed by atoms with Gasteiger partial charge in [0.15, 0.2) is 5.82 Å². The quantitative estimate of drug-likeness (QED) is 0.827. The molecule has 0 aliphatic heterocycles. The zero-order valence-corrected chi connectivity index (χ0v) is 11.3. The summed E-state index contributed by atoms with van der Waals surface area (Å²) in [6, 6.07) is 0. The van der Waals surface area contributed by atoms with Crippen molar-refractivity contribution in [1.29, 1.82) is 0 Å². The number of aromatic nitrogens is 2. The largest absolute Gasteiger partial charge is 0.392 e. The van der Waals surface area contributed by atoms with E-state index in [1.54, 1.807) is 0 Å². The molecule has 0 amide bonds. The van der Waals surface area contributed by atoms with Crippen molar-refractivity contribution in [3.63, 3.8) is 0 Å². The highest BCUT2D eigenvalue weighted by atomic mass is 16.5. The lowest BCUT2D eigenvalue weighted by molar-refractivity contribution is 0.102. The van der Waals surface area contributed by atoms with Gasteiger partial charge < -0.3 is 14.5 Å². The molecule has 1 saturated carbocycles. The maximum atomic E-state index is 10.1. The molecule has 1 fully saturated rings. The Morgan fingerprint density at radius 3 is 2.78 bits per heavy atom. The molecule has 1 aliphatic carbocycles. The molecule has 1 atom stereocenters. The van der Waals surface area contributed by atoms with Crippen LogP contribution in [0.15, 0.2) is 4.52 Å². The number of aliphatic hydroxyl groups excluding tert-OH is 1. The number of hydrogen-bond acceptors (Lipinski definition) is 5. The summed E-state index contributed by atoms with van der Waals surface area (Å²) >= 11 is 0. The summed E-state index contributed by atoms with van der Waals surface area (Å²) in [7, 11) is 4.04. The summed E-state index contributed by atoms with van der Waals surface area (Å²) in [5.74, 6) is 1.72. The molecule has 0 aromatic carbocycles. The Morgan fingerprint density at radius 2 is 2.11 bits per heavy atom. The third-order valence-corrected chi connectivity index (χ3v) is 3.62. The molecule has 5 nitrogen and oxygen atoms in total. The fourth-order valence-electron chi connectivity index (χ4n) is 2.49. The van der Waals surface area contributed by atoms with Crippen LogP contribution in [0.4, 0.5) is 0 Å². The smallest absolute Gasteiger partial charge is 0.229 e. The summed E-state index contributed by atoms with van der Waals surface area (Å²) in [5, 5.41) is 14.0. The van der Waals surface area contributed by atoms with E-state index in [0.717, 1.165) is 31.6 Å². The van der Waals surface area contributed by atoms with Crippen LogP contribution < -0.4 is 0 Å². The second kappa shape index (κ2) is 6.29. The molecule has 0 spiro atoms. The Balaban J connectivity index is 1.82. The zero-order valence-electron chi connectivity index (χ0n) is 11.3. The fourth-order valence-corrected chi connectivity index (χ4v) is 2.49. The molecule has 1 unspecified atom stereocenters. The van der Waals surface area contributed by atoms with Crippen LogP contribution in [-0.2, 0) is 12.8 Å². The van der Waals surface area contributed by atoms with Crippen LogP contribution in [0.25, 0.3) is 0 Å². The van der Waals surface area contributed by atoms with Gasteiger partial charge in [0.25, 0.3) is 0 Å². The molecule has 102 valence electrons. The molecule has 0 saturated heterocycles. The summed E-state index contributed by atoms with van der Waals surface area (Å²) in [4.78, 5) is 6.42. The van der Waals surface area contributed by atoms with E-state index in [1.807, 2.05) is 14.1 Å². The molecule has 2 rings (SSSR count). The minimum atomic E-state index is -0.324. The van der Waals surface area contributed by atoms with E-state index >= 15 is 0 Å². The van der Waals surface area contributed by atoms with Crippen molar-refractivity contribution in [2.45, 2.75) is 44.6 Å². The van der Waals surface area contributed by atoms with Crippen LogP contribution in [0.1, 0.15) is 37.4 Å². The zero-order chi connectivity index (χ0) is 13.0. The molecule has 1 aliphatic rings. The topological polar surface area (TPSA) is 62.4 Å². The second-order valence-electron chi connectivity index (χ2n) is 5.47. The van der Waals surface area contributed by atoms with E-state index in [1.165, 1.54) is 12.8 Å². The third kappa shape index (κ3) is 3.78. The average Bonchev–Trinajstić information content (AvgIpc) is 2.97. The molecule has 0 radical (unpaired) electrons. The predicted molar refractivity (Wildman–Crippen MR) is 68.2 cm³/mol. The van der Waals surface area contributed by atoms with Crippen molar-refractivity contribution in [3.8, 4) is 0 Å². The van der Waals surface area contributed by atoms with E-state index in [0.29, 0.717) is 18.2 Å². The van der Waals surface area contributed by atoms with Gasteiger partial charge in [0.1, 0.15) is 0 Å². The first-order valence-electron chi connectivity index (χ1n) is 6.79. The SMILES string of the molecule is CN(C)CCc1noc(CC(O)C2CCCC2)n1. The normalized spacial score (nSPS) is 18.7. The first-order chi connectivity index (χ1) is 8.65. The second-order valence-corrected chi connectivity index (χ2v) is 5.47. The van der Waals surface area contributed by atoms with Gasteiger partial charge in [-0.15, -0.1) is 0 Å². The highest BCUT2D eigenvalue weighted by Crippen LogP contribution is 2.28.